The van der Waals surface area contributed by atoms with E-state index < -0.39 is 0 Å². The molecular weight excluding hydrogens is 329 g/mol. The summed E-state index contributed by atoms with van der Waals surface area (Å²) in [4.78, 5) is 0. The van der Waals surface area contributed by atoms with Crippen molar-refractivity contribution in [3.05, 3.63) is 60.7 Å². The van der Waals surface area contributed by atoms with E-state index in [2.05, 4.69) is 12.1 Å². The number of benzene rings is 2. The van der Waals surface area contributed by atoms with E-state index in [0.717, 1.165) is 18.1 Å². The normalized spacial score (nSPS) is 15.2. The summed E-state index contributed by atoms with van der Waals surface area (Å²) in [7, 11) is 1.65. The van der Waals surface area contributed by atoms with Gasteiger partial charge in [-0.25, -0.2) is 0 Å². The van der Waals surface area contributed by atoms with Gasteiger partial charge < -0.3 is 14.2 Å². The first kappa shape index (κ1) is 17.2. The second kappa shape index (κ2) is 9.92. The Hall–Kier alpha value is -0.896. The van der Waals surface area contributed by atoms with E-state index in [1.807, 2.05) is 48.5 Å². The van der Waals surface area contributed by atoms with Crippen molar-refractivity contribution in [2.45, 2.75) is 6.10 Å². The molecule has 3 nitrogen and oxygen atoms in total. The fraction of sp³-hybridized carbons (Fsp3) is 0.250. The molecule has 1 atom stereocenters. The third-order valence-corrected chi connectivity index (χ3v) is 2.45. The molecule has 1 heterocycles. The molecular formula is C16H16O3Y-2. The molecule has 3 rings (SSSR count). The second-order valence-electron chi connectivity index (χ2n) is 3.94. The summed E-state index contributed by atoms with van der Waals surface area (Å²) in [6, 6.07) is 20.6. The van der Waals surface area contributed by atoms with Gasteiger partial charge in [-0.15, -0.1) is 24.3 Å². The first-order valence-corrected chi connectivity index (χ1v) is 6.09. The van der Waals surface area contributed by atoms with Crippen LogP contribution in [0.15, 0.2) is 48.5 Å². The van der Waals surface area contributed by atoms with Gasteiger partial charge in [-0.05, 0) is 0 Å². The van der Waals surface area contributed by atoms with E-state index in [-0.39, 0.29) is 32.7 Å². The fourth-order valence-electron chi connectivity index (χ4n) is 1.33. The van der Waals surface area contributed by atoms with E-state index in [1.54, 1.807) is 7.11 Å². The van der Waals surface area contributed by atoms with E-state index in [9.17, 15) is 0 Å². The van der Waals surface area contributed by atoms with Gasteiger partial charge in [0.2, 0.25) is 0 Å². The fourth-order valence-corrected chi connectivity index (χ4v) is 1.33. The molecule has 0 aromatic heterocycles. The van der Waals surface area contributed by atoms with Crippen LogP contribution in [0.3, 0.4) is 0 Å². The minimum absolute atomic E-state index is 0. The first-order chi connectivity index (χ1) is 9.38. The Balaban J connectivity index is 0.000000200. The van der Waals surface area contributed by atoms with Gasteiger partial charge in [0.1, 0.15) is 12.7 Å². The molecule has 1 aliphatic rings. The average Bonchev–Trinajstić information content (AvgIpc) is 3.32. The minimum atomic E-state index is 0. The molecule has 1 aliphatic heterocycles. The second-order valence-corrected chi connectivity index (χ2v) is 3.94. The zero-order valence-electron chi connectivity index (χ0n) is 11.4. The summed E-state index contributed by atoms with van der Waals surface area (Å²) in [6.07, 6.45) is 0.333. The van der Waals surface area contributed by atoms with E-state index in [4.69, 9.17) is 14.2 Å². The molecule has 0 bridgehead atoms. The van der Waals surface area contributed by atoms with Crippen molar-refractivity contribution in [1.29, 1.82) is 0 Å². The predicted octanol–water partition coefficient (Wildman–Crippen LogP) is 2.76. The topological polar surface area (TPSA) is 31.0 Å². The number of epoxide rings is 1. The van der Waals surface area contributed by atoms with Gasteiger partial charge in [0.05, 0.1) is 13.7 Å². The van der Waals surface area contributed by atoms with Gasteiger partial charge in [-0.2, -0.15) is 36.4 Å². The molecule has 0 aliphatic carbocycles. The molecule has 0 saturated carbocycles. The van der Waals surface area contributed by atoms with Crippen molar-refractivity contribution in [3.63, 3.8) is 0 Å². The Kier molecular flexibility index (Phi) is 8.51. The van der Waals surface area contributed by atoms with E-state index in [0.29, 0.717) is 12.7 Å². The average molecular weight is 345 g/mol. The molecule has 0 amide bonds. The Morgan fingerprint density at radius 3 is 1.95 bits per heavy atom. The molecule has 2 aromatic rings. The van der Waals surface area contributed by atoms with E-state index >= 15 is 0 Å². The van der Waals surface area contributed by atoms with Crippen molar-refractivity contribution < 1.29 is 46.9 Å². The Labute approximate surface area is 145 Å². The van der Waals surface area contributed by atoms with Crippen molar-refractivity contribution in [2.24, 2.45) is 0 Å². The van der Waals surface area contributed by atoms with Crippen molar-refractivity contribution >= 4 is 0 Å². The molecule has 1 saturated heterocycles. The summed E-state index contributed by atoms with van der Waals surface area (Å²) in [6.45, 7) is 1.52. The van der Waals surface area contributed by atoms with Crippen LogP contribution in [0.4, 0.5) is 0 Å². The molecule has 2 aromatic carbocycles. The predicted molar refractivity (Wildman–Crippen MR) is 72.3 cm³/mol. The summed E-state index contributed by atoms with van der Waals surface area (Å²) in [5.41, 5.74) is 0. The molecule has 0 N–H and O–H groups in total. The molecule has 1 unspecified atom stereocenters. The number of ether oxygens (including phenoxy) is 3. The zero-order chi connectivity index (χ0) is 13.3. The standard InChI is InChI=1S/C9H9O2.C7H7O.Y/c1-2-4-8(5-3-1)10-6-9-7-11-9;1-8-7-5-3-2-4-6-7;/h2-5,9H,6-7H2;3-6H,1H3;/q2*-1;. The Morgan fingerprint density at radius 2 is 1.55 bits per heavy atom. The summed E-state index contributed by atoms with van der Waals surface area (Å²) in [5, 5.41) is 0. The van der Waals surface area contributed by atoms with Crippen LogP contribution in [0.5, 0.6) is 11.5 Å². The Bertz CT molecular complexity index is 458. The third kappa shape index (κ3) is 7.04. The molecule has 4 heteroatoms. The maximum Gasteiger partial charge on any atom is 0.115 e. The maximum absolute atomic E-state index is 5.38. The molecule has 20 heavy (non-hydrogen) atoms. The smallest absolute Gasteiger partial charge is 0.115 e. The summed E-state index contributed by atoms with van der Waals surface area (Å²) >= 11 is 0. The maximum atomic E-state index is 5.38. The van der Waals surface area contributed by atoms with Crippen LogP contribution in [0.2, 0.25) is 0 Å². The molecule has 1 radical (unpaired) electrons. The third-order valence-electron chi connectivity index (χ3n) is 2.45. The quantitative estimate of drug-likeness (QED) is 0.631. The van der Waals surface area contributed by atoms with Gasteiger partial charge in [0.15, 0.2) is 0 Å². The van der Waals surface area contributed by atoms with Crippen LogP contribution < -0.4 is 9.47 Å². The number of hydrogen-bond donors (Lipinski definition) is 0. The molecule has 1 fully saturated rings. The van der Waals surface area contributed by atoms with Crippen LogP contribution >= 0.6 is 0 Å². The van der Waals surface area contributed by atoms with Crippen LogP contribution in [0, 0.1) is 12.1 Å². The first-order valence-electron chi connectivity index (χ1n) is 6.09. The van der Waals surface area contributed by atoms with Gasteiger partial charge >= 0.3 is 0 Å². The largest absolute Gasteiger partial charge is 0.522 e. The van der Waals surface area contributed by atoms with Crippen LogP contribution in [-0.4, -0.2) is 26.4 Å². The van der Waals surface area contributed by atoms with Gasteiger partial charge in [0, 0.05) is 44.2 Å². The van der Waals surface area contributed by atoms with Gasteiger partial charge in [0.25, 0.3) is 0 Å². The van der Waals surface area contributed by atoms with Crippen molar-refractivity contribution in [1.82, 2.24) is 0 Å². The van der Waals surface area contributed by atoms with E-state index in [1.165, 1.54) is 0 Å². The SMILES string of the molecule is COc1cc[c-]cc1.[Y].[c-]1ccc(OCC2CO2)cc1. The number of rotatable bonds is 4. The van der Waals surface area contributed by atoms with Crippen LogP contribution in [0.1, 0.15) is 0 Å². The summed E-state index contributed by atoms with van der Waals surface area (Å²) in [5.74, 6) is 1.77. The minimum Gasteiger partial charge on any atom is -0.522 e. The van der Waals surface area contributed by atoms with Crippen molar-refractivity contribution in [2.75, 3.05) is 20.3 Å². The number of hydrogen-bond acceptors (Lipinski definition) is 3. The van der Waals surface area contributed by atoms with Gasteiger partial charge in [-0.1, -0.05) is 0 Å². The monoisotopic (exact) mass is 345 g/mol. The molecule has 0 spiro atoms. The van der Waals surface area contributed by atoms with Crippen LogP contribution in [-0.2, 0) is 37.4 Å². The zero-order valence-corrected chi connectivity index (χ0v) is 14.3. The van der Waals surface area contributed by atoms with Crippen molar-refractivity contribution in [3.8, 4) is 11.5 Å². The number of methoxy groups -OCH3 is 1. The summed E-state index contributed by atoms with van der Waals surface area (Å²) < 4.78 is 15.3. The molecule has 103 valence electrons. The van der Waals surface area contributed by atoms with Gasteiger partial charge in [-0.3, -0.25) is 0 Å². The Morgan fingerprint density at radius 1 is 1.05 bits per heavy atom. The van der Waals surface area contributed by atoms with Crippen LogP contribution in [0.25, 0.3) is 0 Å².